The van der Waals surface area contributed by atoms with Crippen LogP contribution in [0.25, 0.3) is 0 Å². The van der Waals surface area contributed by atoms with Gasteiger partial charge in [-0.25, -0.2) is 4.79 Å². The van der Waals surface area contributed by atoms with Crippen molar-refractivity contribution in [3.8, 4) is 0 Å². The molecule has 1 aromatic rings. The molecule has 130 valence electrons. The highest BCUT2D eigenvalue weighted by molar-refractivity contribution is 8.16. The smallest absolute Gasteiger partial charge is 0.326 e. The molecule has 2 fully saturated rings. The van der Waals surface area contributed by atoms with Crippen LogP contribution in [0.3, 0.4) is 0 Å². The fourth-order valence-corrected chi connectivity index (χ4v) is 6.14. The van der Waals surface area contributed by atoms with Gasteiger partial charge in [-0.05, 0) is 54.4 Å². The summed E-state index contributed by atoms with van der Waals surface area (Å²) in [5.74, 6) is 1.65. The molecule has 1 amide bonds. The Morgan fingerprint density at radius 3 is 2.46 bits per heavy atom. The summed E-state index contributed by atoms with van der Waals surface area (Å²) >= 11 is 3.91. The van der Waals surface area contributed by atoms with Gasteiger partial charge in [-0.15, -0.1) is 23.5 Å². The molecule has 2 aliphatic rings. The first-order valence-corrected chi connectivity index (χ1v) is 10.5. The van der Waals surface area contributed by atoms with Crippen molar-refractivity contribution in [1.29, 1.82) is 0 Å². The molecule has 0 aromatic heterocycles. The van der Waals surface area contributed by atoms with Crippen LogP contribution in [0.5, 0.6) is 0 Å². The number of carbonyl (C=O) groups excluding carboxylic acids is 1. The first kappa shape index (κ1) is 17.7. The lowest BCUT2D eigenvalue weighted by Gasteiger charge is -2.36. The number of hydrogen-bond donors (Lipinski definition) is 1. The van der Waals surface area contributed by atoms with Crippen molar-refractivity contribution < 1.29 is 14.7 Å². The fourth-order valence-electron chi connectivity index (χ4n) is 3.25. The highest BCUT2D eigenvalue weighted by atomic mass is 32.2. The van der Waals surface area contributed by atoms with E-state index in [1.165, 1.54) is 28.4 Å². The van der Waals surface area contributed by atoms with E-state index in [1.807, 2.05) is 54.7 Å². The monoisotopic (exact) mass is 365 g/mol. The molecule has 24 heavy (non-hydrogen) atoms. The summed E-state index contributed by atoms with van der Waals surface area (Å²) in [7, 11) is 0. The molecule has 2 atom stereocenters. The van der Waals surface area contributed by atoms with Crippen LogP contribution >= 0.6 is 23.5 Å². The number of rotatable bonds is 3. The molecule has 0 radical (unpaired) electrons. The fraction of sp³-hybridized carbons (Fsp3) is 0.556. The molecule has 3 rings (SSSR count). The third-order valence-electron chi connectivity index (χ3n) is 4.67. The predicted molar refractivity (Wildman–Crippen MR) is 99.6 cm³/mol. The Morgan fingerprint density at radius 2 is 1.83 bits per heavy atom. The van der Waals surface area contributed by atoms with E-state index in [4.69, 9.17) is 0 Å². The number of carboxylic acids is 1. The number of thioether (sulfide) groups is 2. The average Bonchev–Trinajstić information content (AvgIpc) is 2.62. The van der Waals surface area contributed by atoms with Gasteiger partial charge in [0.05, 0.1) is 4.58 Å². The molecule has 4 nitrogen and oxygen atoms in total. The highest BCUT2D eigenvalue weighted by Crippen LogP contribution is 2.43. The zero-order chi connectivity index (χ0) is 17.1. The second kappa shape index (κ2) is 7.83. The number of aliphatic carboxylic acids is 1. The molecule has 1 aromatic carbocycles. The Kier molecular flexibility index (Phi) is 5.76. The van der Waals surface area contributed by atoms with Gasteiger partial charge in [0.1, 0.15) is 6.04 Å². The Bertz CT molecular complexity index is 599. The topological polar surface area (TPSA) is 57.6 Å². The van der Waals surface area contributed by atoms with Gasteiger partial charge in [0.15, 0.2) is 0 Å². The van der Waals surface area contributed by atoms with E-state index in [0.29, 0.717) is 29.0 Å². The summed E-state index contributed by atoms with van der Waals surface area (Å²) in [6.07, 6.45) is 2.66. The van der Waals surface area contributed by atoms with Crippen LogP contribution in [0.4, 0.5) is 0 Å². The van der Waals surface area contributed by atoms with E-state index in [9.17, 15) is 14.7 Å². The van der Waals surface area contributed by atoms with Crippen LogP contribution in [-0.2, 0) is 4.79 Å². The highest BCUT2D eigenvalue weighted by Gasteiger charge is 2.35. The molecular weight excluding hydrogens is 342 g/mol. The van der Waals surface area contributed by atoms with Gasteiger partial charge in [-0.2, -0.15) is 0 Å². The maximum atomic E-state index is 12.8. The van der Waals surface area contributed by atoms with Crippen molar-refractivity contribution in [3.05, 3.63) is 35.4 Å². The van der Waals surface area contributed by atoms with Crippen LogP contribution in [-0.4, -0.2) is 46.0 Å². The van der Waals surface area contributed by atoms with E-state index in [1.54, 1.807) is 0 Å². The van der Waals surface area contributed by atoms with Crippen molar-refractivity contribution in [1.82, 2.24) is 4.90 Å². The third kappa shape index (κ3) is 3.91. The molecule has 2 heterocycles. The van der Waals surface area contributed by atoms with Gasteiger partial charge >= 0.3 is 5.97 Å². The summed E-state index contributed by atoms with van der Waals surface area (Å²) in [5.41, 5.74) is 1.83. The van der Waals surface area contributed by atoms with E-state index < -0.39 is 12.0 Å². The zero-order valence-electron chi connectivity index (χ0n) is 13.8. The van der Waals surface area contributed by atoms with Crippen molar-refractivity contribution in [2.24, 2.45) is 5.92 Å². The predicted octanol–water partition coefficient (Wildman–Crippen LogP) is 3.88. The third-order valence-corrected chi connectivity index (χ3v) is 7.68. The average molecular weight is 366 g/mol. The van der Waals surface area contributed by atoms with Crippen LogP contribution in [0.2, 0.25) is 0 Å². The van der Waals surface area contributed by atoms with Crippen LogP contribution in [0.1, 0.15) is 46.7 Å². The van der Waals surface area contributed by atoms with E-state index in [2.05, 4.69) is 0 Å². The number of carbonyl (C=O) groups is 2. The maximum absolute atomic E-state index is 12.8. The SMILES string of the molecule is CC1CCN(C(=O)c2ccc(C3SCCCS3)cc2)C(C(=O)O)C1. The second-order valence-electron chi connectivity index (χ2n) is 6.53. The quantitative estimate of drug-likeness (QED) is 0.881. The summed E-state index contributed by atoms with van der Waals surface area (Å²) in [6.45, 7) is 2.57. The molecular formula is C18H23NO3S2. The van der Waals surface area contributed by atoms with Gasteiger partial charge in [-0.3, -0.25) is 4.79 Å². The van der Waals surface area contributed by atoms with Crippen LogP contribution in [0.15, 0.2) is 24.3 Å². The van der Waals surface area contributed by atoms with Crippen molar-refractivity contribution in [3.63, 3.8) is 0 Å². The number of benzene rings is 1. The van der Waals surface area contributed by atoms with Crippen molar-refractivity contribution >= 4 is 35.4 Å². The number of nitrogens with zero attached hydrogens (tertiary/aromatic N) is 1. The number of hydrogen-bond acceptors (Lipinski definition) is 4. The van der Waals surface area contributed by atoms with Gasteiger partial charge < -0.3 is 10.0 Å². The van der Waals surface area contributed by atoms with Gasteiger partial charge in [0, 0.05) is 12.1 Å². The Morgan fingerprint density at radius 1 is 1.17 bits per heavy atom. The lowest BCUT2D eigenvalue weighted by Crippen LogP contribution is -2.49. The Balaban J connectivity index is 1.73. The first-order chi connectivity index (χ1) is 11.6. The number of carboxylic acid groups (broad SMARTS) is 1. The lowest BCUT2D eigenvalue weighted by atomic mass is 9.92. The number of likely N-dealkylation sites (tertiary alicyclic amines) is 1. The van der Waals surface area contributed by atoms with Crippen LogP contribution in [0, 0.1) is 5.92 Å². The molecule has 0 aliphatic carbocycles. The minimum atomic E-state index is -0.901. The lowest BCUT2D eigenvalue weighted by molar-refractivity contribution is -0.144. The molecule has 0 bridgehead atoms. The molecule has 2 saturated heterocycles. The van der Waals surface area contributed by atoms with Crippen molar-refractivity contribution in [2.45, 2.75) is 36.8 Å². The van der Waals surface area contributed by atoms with Crippen molar-refractivity contribution in [2.75, 3.05) is 18.1 Å². The number of amides is 1. The Labute approximate surface area is 151 Å². The maximum Gasteiger partial charge on any atom is 0.326 e. The van der Waals surface area contributed by atoms with E-state index >= 15 is 0 Å². The zero-order valence-corrected chi connectivity index (χ0v) is 15.4. The Hall–Kier alpha value is -1.14. The largest absolute Gasteiger partial charge is 0.480 e. The van der Waals surface area contributed by atoms with Gasteiger partial charge in [0.2, 0.25) is 0 Å². The molecule has 0 spiro atoms. The molecule has 2 aliphatic heterocycles. The molecule has 2 unspecified atom stereocenters. The molecule has 6 heteroatoms. The van der Waals surface area contributed by atoms with Gasteiger partial charge in [-0.1, -0.05) is 19.1 Å². The van der Waals surface area contributed by atoms with Gasteiger partial charge in [0.25, 0.3) is 5.91 Å². The van der Waals surface area contributed by atoms with Crippen LogP contribution < -0.4 is 0 Å². The second-order valence-corrected chi connectivity index (χ2v) is 9.26. The summed E-state index contributed by atoms with van der Waals surface area (Å²) in [4.78, 5) is 25.8. The summed E-state index contributed by atoms with van der Waals surface area (Å²) in [5, 5.41) is 9.44. The summed E-state index contributed by atoms with van der Waals surface area (Å²) in [6, 6.07) is 7.04. The first-order valence-electron chi connectivity index (χ1n) is 8.43. The summed E-state index contributed by atoms with van der Waals surface area (Å²) < 4.78 is 0.450. The standard InChI is InChI=1S/C18H23NO3S2/c1-12-7-8-19(15(11-12)17(21)22)16(20)13-3-5-14(6-4-13)18-23-9-2-10-24-18/h3-6,12,15,18H,2,7-11H2,1H3,(H,21,22). The molecule has 1 N–H and O–H groups in total. The minimum absolute atomic E-state index is 0.162. The van der Waals surface area contributed by atoms with E-state index in [0.717, 1.165) is 6.42 Å². The van der Waals surface area contributed by atoms with E-state index in [-0.39, 0.29) is 5.91 Å². The minimum Gasteiger partial charge on any atom is -0.480 e. The molecule has 0 saturated carbocycles. The number of piperidine rings is 1. The normalized spacial score (nSPS) is 25.5.